The van der Waals surface area contributed by atoms with Crippen LogP contribution in [-0.2, 0) is 10.0 Å². The van der Waals surface area contributed by atoms with Crippen LogP contribution in [-0.4, -0.2) is 20.2 Å². The minimum absolute atomic E-state index is 0.204. The summed E-state index contributed by atoms with van der Waals surface area (Å²) in [5, 5.41) is 3.43. The number of carbonyl (C=O) groups excluding carboxylic acids is 2. The van der Waals surface area contributed by atoms with Crippen molar-refractivity contribution in [3.63, 3.8) is 0 Å². The molecule has 0 saturated carbocycles. The van der Waals surface area contributed by atoms with Crippen LogP contribution in [0.25, 0.3) is 0 Å². The van der Waals surface area contributed by atoms with Crippen LogP contribution in [0.2, 0.25) is 0 Å². The fourth-order valence-corrected chi connectivity index (χ4v) is 4.64. The van der Waals surface area contributed by atoms with Gasteiger partial charge in [-0.3, -0.25) is 25.2 Å². The van der Waals surface area contributed by atoms with Crippen molar-refractivity contribution in [3.05, 3.63) is 69.7 Å². The summed E-state index contributed by atoms with van der Waals surface area (Å²) >= 11 is 2.37. The first-order chi connectivity index (χ1) is 12.5. The largest absolute Gasteiger partial charge is 0.279 e. The number of rotatable bonds is 5. The van der Waals surface area contributed by atoms with Crippen LogP contribution in [0.4, 0.5) is 5.69 Å². The SMILES string of the molecule is O=C(NNC(=O)c1cccs1)c1ccc(NS(=O)(=O)c2cccs2)cc1. The molecule has 10 heteroatoms. The maximum atomic E-state index is 12.1. The molecule has 0 aliphatic carbocycles. The molecule has 0 aliphatic rings. The third kappa shape index (κ3) is 4.28. The Kier molecular flexibility index (Phi) is 5.35. The number of hydrazine groups is 1. The van der Waals surface area contributed by atoms with E-state index in [0.717, 1.165) is 11.3 Å². The number of anilines is 1. The second kappa shape index (κ2) is 7.68. The monoisotopic (exact) mass is 407 g/mol. The van der Waals surface area contributed by atoms with E-state index in [-0.39, 0.29) is 9.77 Å². The Hall–Kier alpha value is -2.69. The topological polar surface area (TPSA) is 104 Å². The van der Waals surface area contributed by atoms with Crippen LogP contribution in [0.15, 0.2) is 63.5 Å². The lowest BCUT2D eigenvalue weighted by Gasteiger charge is -2.08. The minimum atomic E-state index is -3.64. The molecule has 0 spiro atoms. The third-order valence-electron chi connectivity index (χ3n) is 3.19. The van der Waals surface area contributed by atoms with E-state index in [1.165, 1.54) is 41.7 Å². The van der Waals surface area contributed by atoms with Crippen LogP contribution in [0.1, 0.15) is 20.0 Å². The summed E-state index contributed by atoms with van der Waals surface area (Å²) in [6, 6.07) is 12.4. The molecule has 0 radical (unpaired) electrons. The van der Waals surface area contributed by atoms with E-state index in [9.17, 15) is 18.0 Å². The first-order valence-corrected chi connectivity index (χ1v) is 10.5. The molecule has 0 fully saturated rings. The summed E-state index contributed by atoms with van der Waals surface area (Å²) in [7, 11) is -3.64. The van der Waals surface area contributed by atoms with Gasteiger partial charge in [0.25, 0.3) is 21.8 Å². The summed E-state index contributed by atoms with van der Waals surface area (Å²) in [6.07, 6.45) is 0. The summed E-state index contributed by atoms with van der Waals surface area (Å²) in [4.78, 5) is 24.3. The van der Waals surface area contributed by atoms with Gasteiger partial charge >= 0.3 is 0 Å². The van der Waals surface area contributed by atoms with Crippen LogP contribution >= 0.6 is 22.7 Å². The molecule has 0 unspecified atom stereocenters. The molecule has 7 nitrogen and oxygen atoms in total. The average molecular weight is 407 g/mol. The van der Waals surface area contributed by atoms with Crippen molar-refractivity contribution in [1.29, 1.82) is 0 Å². The Labute approximate surface area is 157 Å². The Morgan fingerprint density at radius 1 is 0.808 bits per heavy atom. The minimum Gasteiger partial charge on any atom is -0.279 e. The van der Waals surface area contributed by atoms with E-state index in [0.29, 0.717) is 10.6 Å². The Bertz CT molecular complexity index is 996. The molecule has 3 aromatic rings. The molecular formula is C16H13N3O4S3. The summed E-state index contributed by atoms with van der Waals surface area (Å²) in [6.45, 7) is 0. The van der Waals surface area contributed by atoms with Gasteiger partial charge in [0.1, 0.15) is 4.21 Å². The molecule has 0 atom stereocenters. The van der Waals surface area contributed by atoms with E-state index < -0.39 is 21.8 Å². The standard InChI is InChI=1S/C16H13N3O4S3/c20-15(17-18-16(21)13-3-1-9-24-13)11-5-7-12(8-6-11)19-26(22,23)14-4-2-10-25-14/h1-10,19H,(H,17,20)(H,18,21). The second-order valence-electron chi connectivity index (χ2n) is 5.00. The molecule has 2 heterocycles. The lowest BCUT2D eigenvalue weighted by Crippen LogP contribution is -2.41. The molecule has 0 saturated heterocycles. The van der Waals surface area contributed by atoms with E-state index >= 15 is 0 Å². The Morgan fingerprint density at radius 3 is 2.08 bits per heavy atom. The zero-order valence-electron chi connectivity index (χ0n) is 13.1. The fraction of sp³-hybridized carbons (Fsp3) is 0. The number of carbonyl (C=O) groups is 2. The van der Waals surface area contributed by atoms with Gasteiger partial charge in [-0.25, -0.2) is 8.42 Å². The highest BCUT2D eigenvalue weighted by Crippen LogP contribution is 2.20. The van der Waals surface area contributed by atoms with E-state index in [2.05, 4.69) is 15.6 Å². The summed E-state index contributed by atoms with van der Waals surface area (Å²) < 4.78 is 26.9. The number of hydrogen-bond donors (Lipinski definition) is 3. The van der Waals surface area contributed by atoms with Gasteiger partial charge in [-0.15, -0.1) is 22.7 Å². The number of nitrogens with one attached hydrogen (secondary N) is 3. The number of thiophene rings is 2. The lowest BCUT2D eigenvalue weighted by atomic mass is 10.2. The predicted molar refractivity (Wildman–Crippen MR) is 101 cm³/mol. The molecule has 2 aromatic heterocycles. The van der Waals surface area contributed by atoms with Crippen molar-refractivity contribution in [3.8, 4) is 0 Å². The molecule has 134 valence electrons. The van der Waals surface area contributed by atoms with Crippen LogP contribution in [0.5, 0.6) is 0 Å². The average Bonchev–Trinajstić information content (AvgIpc) is 3.33. The molecule has 0 bridgehead atoms. The quantitative estimate of drug-likeness (QED) is 0.566. The van der Waals surface area contributed by atoms with Gasteiger partial charge in [0.15, 0.2) is 0 Å². The van der Waals surface area contributed by atoms with E-state index in [1.807, 2.05) is 0 Å². The number of sulfonamides is 1. The van der Waals surface area contributed by atoms with Crippen LogP contribution < -0.4 is 15.6 Å². The van der Waals surface area contributed by atoms with Crippen molar-refractivity contribution in [2.75, 3.05) is 4.72 Å². The van der Waals surface area contributed by atoms with Gasteiger partial charge in [-0.2, -0.15) is 0 Å². The zero-order chi connectivity index (χ0) is 18.6. The van der Waals surface area contributed by atoms with Crippen molar-refractivity contribution in [2.24, 2.45) is 0 Å². The molecule has 2 amide bonds. The first kappa shape index (κ1) is 18.1. The highest BCUT2D eigenvalue weighted by molar-refractivity contribution is 7.94. The van der Waals surface area contributed by atoms with Gasteiger partial charge in [-0.05, 0) is 47.2 Å². The molecule has 3 N–H and O–H groups in total. The number of amides is 2. The molecule has 1 aromatic carbocycles. The molecular weight excluding hydrogens is 394 g/mol. The smallest absolute Gasteiger partial charge is 0.279 e. The van der Waals surface area contributed by atoms with Crippen LogP contribution in [0.3, 0.4) is 0 Å². The van der Waals surface area contributed by atoms with Gasteiger partial charge in [0, 0.05) is 11.3 Å². The third-order valence-corrected chi connectivity index (χ3v) is 6.84. The number of hydrogen-bond acceptors (Lipinski definition) is 6. The van der Waals surface area contributed by atoms with Gasteiger partial charge in [0.05, 0.1) is 4.88 Å². The van der Waals surface area contributed by atoms with E-state index in [4.69, 9.17) is 0 Å². The summed E-state index contributed by atoms with van der Waals surface area (Å²) in [5.41, 5.74) is 5.23. The van der Waals surface area contributed by atoms with Crippen molar-refractivity contribution in [2.45, 2.75) is 4.21 Å². The highest BCUT2D eigenvalue weighted by Gasteiger charge is 2.15. The molecule has 3 rings (SSSR count). The Balaban J connectivity index is 1.60. The van der Waals surface area contributed by atoms with Crippen LogP contribution in [0, 0.1) is 0 Å². The zero-order valence-corrected chi connectivity index (χ0v) is 15.6. The molecule has 26 heavy (non-hydrogen) atoms. The maximum absolute atomic E-state index is 12.1. The van der Waals surface area contributed by atoms with E-state index in [1.54, 1.807) is 29.0 Å². The van der Waals surface area contributed by atoms with Crippen molar-refractivity contribution in [1.82, 2.24) is 10.9 Å². The first-order valence-electron chi connectivity index (χ1n) is 7.26. The van der Waals surface area contributed by atoms with Gasteiger partial charge in [0.2, 0.25) is 0 Å². The molecule has 0 aliphatic heterocycles. The second-order valence-corrected chi connectivity index (χ2v) is 8.81. The maximum Gasteiger partial charge on any atom is 0.279 e. The fourth-order valence-electron chi connectivity index (χ4n) is 1.97. The number of benzene rings is 1. The lowest BCUT2D eigenvalue weighted by molar-refractivity contribution is 0.0849. The highest BCUT2D eigenvalue weighted by atomic mass is 32.2. The van der Waals surface area contributed by atoms with Gasteiger partial charge < -0.3 is 0 Å². The van der Waals surface area contributed by atoms with Gasteiger partial charge in [-0.1, -0.05) is 12.1 Å². The van der Waals surface area contributed by atoms with Crippen molar-refractivity contribution < 1.29 is 18.0 Å². The Morgan fingerprint density at radius 2 is 1.46 bits per heavy atom. The normalized spacial score (nSPS) is 10.9. The summed E-state index contributed by atoms with van der Waals surface area (Å²) in [5.74, 6) is -0.920. The predicted octanol–water partition coefficient (Wildman–Crippen LogP) is 2.69. The van der Waals surface area contributed by atoms with Crippen molar-refractivity contribution >= 4 is 50.2 Å².